The minimum atomic E-state index is -0.190. The van der Waals surface area contributed by atoms with E-state index < -0.39 is 0 Å². The number of aromatic nitrogens is 3. The van der Waals surface area contributed by atoms with Gasteiger partial charge in [0.2, 0.25) is 0 Å². The number of fused-ring (bicyclic) bond motifs is 1. The van der Waals surface area contributed by atoms with E-state index in [1.165, 1.54) is 0 Å². The monoisotopic (exact) mass is 356 g/mol. The Labute approximate surface area is 152 Å². The highest BCUT2D eigenvalue weighted by Crippen LogP contribution is 2.26. The van der Waals surface area contributed by atoms with Gasteiger partial charge in [-0.3, -0.25) is 9.48 Å². The molecule has 0 aliphatic heterocycles. The maximum atomic E-state index is 12.9. The van der Waals surface area contributed by atoms with Crippen LogP contribution in [0.15, 0.2) is 24.3 Å². The summed E-state index contributed by atoms with van der Waals surface area (Å²) in [5, 5.41) is 8.76. The van der Waals surface area contributed by atoms with Gasteiger partial charge in [-0.2, -0.15) is 5.10 Å². The Hall–Kier alpha value is -2.40. The smallest absolute Gasteiger partial charge is 0.256 e. The van der Waals surface area contributed by atoms with Crippen LogP contribution in [0.1, 0.15) is 47.1 Å². The van der Waals surface area contributed by atoms with Gasteiger partial charge in [0, 0.05) is 23.5 Å². The maximum absolute atomic E-state index is 12.9. The lowest BCUT2D eigenvalue weighted by atomic mass is 10.0. The van der Waals surface area contributed by atoms with Gasteiger partial charge < -0.3 is 5.32 Å². The third kappa shape index (κ3) is 3.24. The van der Waals surface area contributed by atoms with Crippen molar-refractivity contribution in [1.29, 1.82) is 0 Å². The summed E-state index contributed by atoms with van der Waals surface area (Å²) < 4.78 is 1.72. The van der Waals surface area contributed by atoms with E-state index in [4.69, 9.17) is 11.6 Å². The van der Waals surface area contributed by atoms with Crippen molar-refractivity contribution in [3.8, 4) is 0 Å². The number of carbonyl (C=O) groups is 1. The second-order valence-corrected chi connectivity index (χ2v) is 6.98. The van der Waals surface area contributed by atoms with Gasteiger partial charge >= 0.3 is 0 Å². The second-order valence-electron chi connectivity index (χ2n) is 6.58. The van der Waals surface area contributed by atoms with Gasteiger partial charge in [0.25, 0.3) is 5.91 Å². The van der Waals surface area contributed by atoms with Crippen LogP contribution in [0.2, 0.25) is 5.02 Å². The van der Waals surface area contributed by atoms with Gasteiger partial charge in [0.1, 0.15) is 0 Å². The molecule has 0 saturated carbocycles. The number of rotatable bonds is 3. The summed E-state index contributed by atoms with van der Waals surface area (Å²) in [6.45, 7) is 7.92. The molecule has 0 aliphatic rings. The first-order valence-electron chi connectivity index (χ1n) is 8.19. The Morgan fingerprint density at radius 3 is 2.60 bits per heavy atom. The minimum Gasteiger partial charge on any atom is -0.322 e. The second kappa shape index (κ2) is 6.48. The van der Waals surface area contributed by atoms with Crippen molar-refractivity contribution >= 4 is 34.2 Å². The Bertz CT molecular complexity index is 975. The first kappa shape index (κ1) is 17.4. The van der Waals surface area contributed by atoms with Crippen LogP contribution in [0.3, 0.4) is 0 Å². The number of nitrogens with one attached hydrogen (secondary N) is 1. The highest BCUT2D eigenvalue weighted by molar-refractivity contribution is 6.31. The number of nitrogens with zero attached hydrogens (tertiary/aromatic N) is 3. The normalized spacial score (nSPS) is 11.3. The standard InChI is InChI=1S/C19H21ClN4O/c1-10(2)16-9-14(17-12(4)23-24(5)18(17)22-16)19(25)21-13-7-6-11(3)15(20)8-13/h6-10H,1-5H3,(H,21,25). The molecule has 0 bridgehead atoms. The van der Waals surface area contributed by atoms with Crippen LogP contribution < -0.4 is 5.32 Å². The lowest BCUT2D eigenvalue weighted by molar-refractivity contribution is 0.102. The molecule has 0 aliphatic carbocycles. The van der Waals surface area contributed by atoms with Crippen molar-refractivity contribution in [3.05, 3.63) is 51.8 Å². The topological polar surface area (TPSA) is 59.8 Å². The Balaban J connectivity index is 2.09. The number of carbonyl (C=O) groups excluding carboxylic acids is 1. The summed E-state index contributed by atoms with van der Waals surface area (Å²) in [6, 6.07) is 7.34. The van der Waals surface area contributed by atoms with Crippen LogP contribution in [-0.4, -0.2) is 20.7 Å². The van der Waals surface area contributed by atoms with E-state index >= 15 is 0 Å². The van der Waals surface area contributed by atoms with Crippen LogP contribution >= 0.6 is 11.6 Å². The van der Waals surface area contributed by atoms with Crippen molar-refractivity contribution in [2.45, 2.75) is 33.6 Å². The molecule has 25 heavy (non-hydrogen) atoms. The predicted molar refractivity (Wildman–Crippen MR) is 101 cm³/mol. The molecule has 130 valence electrons. The average Bonchev–Trinajstić information content (AvgIpc) is 2.84. The number of hydrogen-bond acceptors (Lipinski definition) is 3. The molecule has 0 fully saturated rings. The molecule has 0 radical (unpaired) electrons. The van der Waals surface area contributed by atoms with Crippen molar-refractivity contribution in [2.75, 3.05) is 5.32 Å². The average molecular weight is 357 g/mol. The van der Waals surface area contributed by atoms with Crippen molar-refractivity contribution in [2.24, 2.45) is 7.05 Å². The molecule has 0 saturated heterocycles. The van der Waals surface area contributed by atoms with E-state index in [1.807, 2.05) is 39.1 Å². The van der Waals surface area contributed by atoms with Crippen LogP contribution in [0.5, 0.6) is 0 Å². The van der Waals surface area contributed by atoms with Crippen LogP contribution in [0, 0.1) is 13.8 Å². The van der Waals surface area contributed by atoms with Crippen molar-refractivity contribution in [1.82, 2.24) is 14.8 Å². The van der Waals surface area contributed by atoms with Gasteiger partial charge in [-0.25, -0.2) is 4.98 Å². The number of amides is 1. The van der Waals surface area contributed by atoms with Crippen molar-refractivity contribution < 1.29 is 4.79 Å². The summed E-state index contributed by atoms with van der Waals surface area (Å²) in [5.41, 5.74) is 4.58. The summed E-state index contributed by atoms with van der Waals surface area (Å²) in [7, 11) is 1.84. The summed E-state index contributed by atoms with van der Waals surface area (Å²) in [5.74, 6) is 0.0188. The summed E-state index contributed by atoms with van der Waals surface area (Å²) in [4.78, 5) is 17.6. The first-order valence-corrected chi connectivity index (χ1v) is 8.57. The van der Waals surface area contributed by atoms with Crippen LogP contribution in [0.4, 0.5) is 5.69 Å². The van der Waals surface area contributed by atoms with Gasteiger partial charge in [-0.05, 0) is 43.5 Å². The fourth-order valence-electron chi connectivity index (χ4n) is 2.81. The highest BCUT2D eigenvalue weighted by Gasteiger charge is 2.19. The molecule has 6 heteroatoms. The fraction of sp³-hybridized carbons (Fsp3) is 0.316. The molecule has 2 heterocycles. The molecule has 1 amide bonds. The largest absolute Gasteiger partial charge is 0.322 e. The van der Waals surface area contributed by atoms with Gasteiger partial charge in [-0.1, -0.05) is 31.5 Å². The summed E-state index contributed by atoms with van der Waals surface area (Å²) >= 11 is 6.16. The molecule has 0 atom stereocenters. The molecule has 5 nitrogen and oxygen atoms in total. The van der Waals surface area contributed by atoms with E-state index in [-0.39, 0.29) is 11.8 Å². The number of pyridine rings is 1. The molecule has 3 rings (SSSR count). The Morgan fingerprint density at radius 2 is 1.96 bits per heavy atom. The third-order valence-electron chi connectivity index (χ3n) is 4.25. The maximum Gasteiger partial charge on any atom is 0.256 e. The lowest BCUT2D eigenvalue weighted by Crippen LogP contribution is -2.14. The summed E-state index contributed by atoms with van der Waals surface area (Å²) in [6.07, 6.45) is 0. The highest BCUT2D eigenvalue weighted by atomic mass is 35.5. The van der Waals surface area contributed by atoms with Crippen molar-refractivity contribution in [3.63, 3.8) is 0 Å². The number of halogens is 1. The molecule has 2 aromatic heterocycles. The zero-order valence-corrected chi connectivity index (χ0v) is 15.8. The third-order valence-corrected chi connectivity index (χ3v) is 4.66. The van der Waals surface area contributed by atoms with Crippen LogP contribution in [-0.2, 0) is 7.05 Å². The lowest BCUT2D eigenvalue weighted by Gasteiger charge is -2.11. The zero-order chi connectivity index (χ0) is 18.3. The molecular weight excluding hydrogens is 336 g/mol. The van der Waals surface area contributed by atoms with E-state index in [0.29, 0.717) is 16.3 Å². The van der Waals surface area contributed by atoms with E-state index in [2.05, 4.69) is 29.2 Å². The SMILES string of the molecule is Cc1ccc(NC(=O)c2cc(C(C)C)nc3c2c(C)nn3C)cc1Cl. The van der Waals surface area contributed by atoms with Crippen LogP contribution in [0.25, 0.3) is 11.0 Å². The quantitative estimate of drug-likeness (QED) is 0.745. The van der Waals surface area contributed by atoms with E-state index in [0.717, 1.165) is 28.0 Å². The molecule has 0 spiro atoms. The number of hydrogen-bond donors (Lipinski definition) is 1. The number of aryl methyl sites for hydroxylation is 3. The number of benzene rings is 1. The Kier molecular flexibility index (Phi) is 4.52. The van der Waals surface area contributed by atoms with Gasteiger partial charge in [0.15, 0.2) is 5.65 Å². The van der Waals surface area contributed by atoms with Gasteiger partial charge in [-0.15, -0.1) is 0 Å². The molecule has 0 unspecified atom stereocenters. The molecular formula is C19H21ClN4O. The predicted octanol–water partition coefficient (Wildman–Crippen LogP) is 4.61. The molecule has 1 aromatic carbocycles. The van der Waals surface area contributed by atoms with Gasteiger partial charge in [0.05, 0.1) is 16.6 Å². The van der Waals surface area contributed by atoms with E-state index in [9.17, 15) is 4.79 Å². The Morgan fingerprint density at radius 1 is 1.24 bits per heavy atom. The minimum absolute atomic E-state index is 0.190. The molecule has 3 aromatic rings. The first-order chi connectivity index (χ1) is 11.8. The van der Waals surface area contributed by atoms with E-state index in [1.54, 1.807) is 10.7 Å². The number of anilines is 1. The zero-order valence-electron chi connectivity index (χ0n) is 15.0. The molecule has 1 N–H and O–H groups in total. The fourth-order valence-corrected chi connectivity index (χ4v) is 2.99.